The number of nitrogens with zero attached hydrogens (tertiary/aromatic N) is 2. The molecular weight excluding hydrogens is 765 g/mol. The quantitative estimate of drug-likeness (QED) is 0.153. The highest BCUT2D eigenvalue weighted by Gasteiger charge is 2.22. The number of anilines is 3. The molecule has 2 aromatic heterocycles. The summed E-state index contributed by atoms with van der Waals surface area (Å²) in [6.45, 7) is 0. The van der Waals surface area contributed by atoms with E-state index in [2.05, 4.69) is 228 Å². The number of furan rings is 1. The van der Waals surface area contributed by atoms with Crippen molar-refractivity contribution in [2.45, 2.75) is 12.8 Å². The van der Waals surface area contributed by atoms with Crippen molar-refractivity contribution in [3.05, 3.63) is 236 Å². The number of rotatable bonds is 8. The molecule has 0 unspecified atom stereocenters. The second kappa shape index (κ2) is 15.4. The van der Waals surface area contributed by atoms with Gasteiger partial charge in [-0.05, 0) is 107 Å². The van der Waals surface area contributed by atoms with Crippen LogP contribution in [0.3, 0.4) is 0 Å². The van der Waals surface area contributed by atoms with Crippen LogP contribution in [0.15, 0.2) is 229 Å². The molecule has 3 nitrogen and oxygen atoms in total. The molecule has 11 aromatic rings. The normalized spacial score (nSPS) is 12.3. The van der Waals surface area contributed by atoms with E-state index in [0.29, 0.717) is 0 Å². The fourth-order valence-electron chi connectivity index (χ4n) is 9.68. The predicted molar refractivity (Wildman–Crippen MR) is 264 cm³/mol. The van der Waals surface area contributed by atoms with Crippen molar-refractivity contribution >= 4 is 56.0 Å². The van der Waals surface area contributed by atoms with E-state index in [1.54, 1.807) is 0 Å². The summed E-state index contributed by atoms with van der Waals surface area (Å²) < 4.78 is 8.94. The number of hydrogen-bond donors (Lipinski definition) is 0. The molecule has 0 saturated carbocycles. The van der Waals surface area contributed by atoms with Gasteiger partial charge in [-0.2, -0.15) is 0 Å². The highest BCUT2D eigenvalue weighted by molar-refractivity contribution is 6.09. The number of aromatic nitrogens is 1. The van der Waals surface area contributed by atoms with E-state index in [4.69, 9.17) is 4.42 Å². The maximum Gasteiger partial charge on any atom is 0.143 e. The lowest BCUT2D eigenvalue weighted by Crippen LogP contribution is -2.09. The molecule has 0 N–H and O–H groups in total. The number of hydrogen-bond acceptors (Lipinski definition) is 2. The van der Waals surface area contributed by atoms with E-state index in [0.717, 1.165) is 74.1 Å². The minimum Gasteiger partial charge on any atom is -0.455 e. The number of benzene rings is 9. The topological polar surface area (TPSA) is 21.3 Å². The Hall–Kier alpha value is -8.14. The van der Waals surface area contributed by atoms with Gasteiger partial charge < -0.3 is 13.9 Å². The van der Waals surface area contributed by atoms with Crippen molar-refractivity contribution in [2.24, 2.45) is 0 Å². The first-order chi connectivity index (χ1) is 31.2. The Kier molecular flexibility index (Phi) is 8.97. The Bertz CT molecular complexity index is 3480. The van der Waals surface area contributed by atoms with Crippen LogP contribution in [0.1, 0.15) is 17.7 Å². The molecule has 0 radical (unpaired) electrons. The molecule has 1 aliphatic carbocycles. The van der Waals surface area contributed by atoms with Crippen molar-refractivity contribution < 1.29 is 4.42 Å². The predicted octanol–water partition coefficient (Wildman–Crippen LogP) is 16.6. The Morgan fingerprint density at radius 3 is 1.81 bits per heavy atom. The van der Waals surface area contributed by atoms with Crippen molar-refractivity contribution in [3.63, 3.8) is 0 Å². The van der Waals surface area contributed by atoms with Crippen LogP contribution in [0.25, 0.3) is 89.1 Å². The van der Waals surface area contributed by atoms with Crippen LogP contribution in [0.4, 0.5) is 17.1 Å². The lowest BCUT2D eigenvalue weighted by atomic mass is 9.97. The average molecular weight is 807 g/mol. The minimum atomic E-state index is 0.910. The molecule has 1 aliphatic rings. The number of fused-ring (bicyclic) bond motifs is 6. The first kappa shape index (κ1) is 36.7. The van der Waals surface area contributed by atoms with E-state index >= 15 is 0 Å². The van der Waals surface area contributed by atoms with Gasteiger partial charge in [0.2, 0.25) is 0 Å². The van der Waals surface area contributed by atoms with Crippen LogP contribution in [-0.2, 0) is 6.42 Å². The Balaban J connectivity index is 0.917. The largest absolute Gasteiger partial charge is 0.455 e. The third kappa shape index (κ3) is 6.45. The second-order valence-corrected chi connectivity index (χ2v) is 16.4. The minimum absolute atomic E-state index is 0.910. The fourth-order valence-corrected chi connectivity index (χ4v) is 9.68. The lowest BCUT2D eigenvalue weighted by molar-refractivity contribution is 0.670. The van der Waals surface area contributed by atoms with Crippen LogP contribution in [-0.4, -0.2) is 4.57 Å². The van der Waals surface area contributed by atoms with Gasteiger partial charge in [0.05, 0.1) is 11.2 Å². The maximum absolute atomic E-state index is 6.41. The smallest absolute Gasteiger partial charge is 0.143 e. The summed E-state index contributed by atoms with van der Waals surface area (Å²) in [4.78, 5) is 2.34. The van der Waals surface area contributed by atoms with Gasteiger partial charge in [-0.1, -0.05) is 170 Å². The summed E-state index contributed by atoms with van der Waals surface area (Å²) in [6.07, 6.45) is 6.67. The van der Waals surface area contributed by atoms with E-state index in [-0.39, 0.29) is 0 Å². The molecule has 298 valence electrons. The van der Waals surface area contributed by atoms with Gasteiger partial charge in [-0.3, -0.25) is 0 Å². The molecule has 0 saturated heterocycles. The van der Waals surface area contributed by atoms with Crippen LogP contribution in [0.2, 0.25) is 0 Å². The Morgan fingerprint density at radius 1 is 0.413 bits per heavy atom. The molecule has 9 aromatic carbocycles. The van der Waals surface area contributed by atoms with E-state index < -0.39 is 0 Å². The molecule has 2 heterocycles. The standard InChI is InChI=1S/C60H42N2O/c1-3-15-41(16-4-1)45-33-38-50(58(40-45)62-56-26-10-7-21-52(56)53-22-8-11-27-57(53)62)43-31-36-49(37-32-43)61(47-19-5-2-6-20-47)48-34-29-42(30-35-48)44-17-13-18-46(39-44)51-24-14-25-55-54-23-9-12-28-59(54)63-60(51)55/h1-10,12-26,28-40H,11,27H2. The zero-order chi connectivity index (χ0) is 41.7. The Labute approximate surface area is 367 Å². The summed E-state index contributed by atoms with van der Waals surface area (Å²) in [5.74, 6) is 0. The molecule has 0 spiro atoms. The van der Waals surface area contributed by atoms with Crippen LogP contribution >= 0.6 is 0 Å². The van der Waals surface area contributed by atoms with E-state index in [9.17, 15) is 0 Å². The first-order valence-corrected chi connectivity index (χ1v) is 21.8. The average Bonchev–Trinajstić information content (AvgIpc) is 3.91. The monoisotopic (exact) mass is 806 g/mol. The number of para-hydroxylation sites is 4. The summed E-state index contributed by atoms with van der Waals surface area (Å²) >= 11 is 0. The van der Waals surface area contributed by atoms with Crippen LogP contribution in [0.5, 0.6) is 0 Å². The Morgan fingerprint density at radius 2 is 1.00 bits per heavy atom. The summed E-state index contributed by atoms with van der Waals surface area (Å²) in [5, 5.41) is 3.58. The van der Waals surface area contributed by atoms with Gasteiger partial charge in [0, 0.05) is 55.6 Å². The van der Waals surface area contributed by atoms with Crippen molar-refractivity contribution in [1.82, 2.24) is 4.57 Å². The van der Waals surface area contributed by atoms with Gasteiger partial charge in [-0.15, -0.1) is 0 Å². The molecular formula is C60H42N2O. The molecule has 0 atom stereocenters. The van der Waals surface area contributed by atoms with E-state index in [1.165, 1.54) is 50.1 Å². The third-order valence-electron chi connectivity index (χ3n) is 12.7. The van der Waals surface area contributed by atoms with Gasteiger partial charge in [0.15, 0.2) is 0 Å². The molecule has 0 amide bonds. The second-order valence-electron chi connectivity index (χ2n) is 16.4. The molecule has 3 heteroatoms. The van der Waals surface area contributed by atoms with Gasteiger partial charge in [-0.25, -0.2) is 0 Å². The highest BCUT2D eigenvalue weighted by Crippen LogP contribution is 2.42. The van der Waals surface area contributed by atoms with Crippen LogP contribution < -0.4 is 4.90 Å². The van der Waals surface area contributed by atoms with Gasteiger partial charge >= 0.3 is 0 Å². The maximum atomic E-state index is 6.41. The molecule has 12 rings (SSSR count). The summed E-state index contributed by atoms with van der Waals surface area (Å²) in [5.41, 5.74) is 19.6. The highest BCUT2D eigenvalue weighted by atomic mass is 16.3. The van der Waals surface area contributed by atoms with Gasteiger partial charge in [0.1, 0.15) is 11.2 Å². The third-order valence-corrected chi connectivity index (χ3v) is 12.7. The van der Waals surface area contributed by atoms with E-state index in [1.807, 2.05) is 12.1 Å². The van der Waals surface area contributed by atoms with Crippen molar-refractivity contribution in [2.75, 3.05) is 4.90 Å². The first-order valence-electron chi connectivity index (χ1n) is 21.8. The summed E-state index contributed by atoms with van der Waals surface area (Å²) in [6, 6.07) is 78.7. The van der Waals surface area contributed by atoms with Gasteiger partial charge in [0.25, 0.3) is 0 Å². The fraction of sp³-hybridized carbons (Fsp3) is 0.0333. The number of allylic oxidation sites excluding steroid dienone is 1. The zero-order valence-electron chi connectivity index (χ0n) is 34.7. The zero-order valence-corrected chi connectivity index (χ0v) is 34.7. The molecule has 0 bridgehead atoms. The van der Waals surface area contributed by atoms with Crippen molar-refractivity contribution in [3.8, 4) is 50.2 Å². The molecule has 0 fully saturated rings. The summed E-state index contributed by atoms with van der Waals surface area (Å²) in [7, 11) is 0. The van der Waals surface area contributed by atoms with Crippen molar-refractivity contribution in [1.29, 1.82) is 0 Å². The lowest BCUT2D eigenvalue weighted by Gasteiger charge is -2.26. The molecule has 0 aliphatic heterocycles. The molecule has 63 heavy (non-hydrogen) atoms. The SMILES string of the molecule is C1=Cc2c(n(-c3cc(-c4ccccc4)ccc3-c3ccc(N(c4ccccc4)c4ccc(-c5cccc(-c6cccc7c6oc6ccccc67)c5)cc4)cc3)c3ccccc23)CC1. The van der Waals surface area contributed by atoms with Crippen LogP contribution in [0, 0.1) is 0 Å².